The van der Waals surface area contributed by atoms with Gasteiger partial charge in [-0.25, -0.2) is 0 Å². The molecule has 1 saturated heterocycles. The smallest absolute Gasteiger partial charge is 0.320 e. The molecule has 0 spiro atoms. The Bertz CT molecular complexity index is 454. The Kier molecular flexibility index (Phi) is 6.93. The van der Waals surface area contributed by atoms with Gasteiger partial charge in [-0.1, -0.05) is 32.1 Å². The Morgan fingerprint density at radius 2 is 1.67 bits per heavy atom. The van der Waals surface area contributed by atoms with Crippen LogP contribution < -0.4 is 0 Å². The molecule has 0 aromatic carbocycles. The van der Waals surface area contributed by atoms with E-state index in [0.717, 1.165) is 38.5 Å². The van der Waals surface area contributed by atoms with Crippen LogP contribution in [0.5, 0.6) is 0 Å². The van der Waals surface area contributed by atoms with E-state index in [1.54, 1.807) is 0 Å². The molecular weight excluding hydrogens is 328 g/mol. The van der Waals surface area contributed by atoms with E-state index < -0.39 is 12.0 Å². The van der Waals surface area contributed by atoms with Crippen LogP contribution in [0.15, 0.2) is 0 Å². The molecule has 0 bridgehead atoms. The molecule has 0 aromatic heterocycles. The SMILES string of the molecule is CN(C(=O)CN1C(C(=O)O)CC2CCCCC21)C1CCCCC1.Cl. The van der Waals surface area contributed by atoms with E-state index in [-0.39, 0.29) is 24.9 Å². The lowest BCUT2D eigenvalue weighted by Crippen LogP contribution is -2.50. The summed E-state index contributed by atoms with van der Waals surface area (Å²) in [6, 6.07) is 0.185. The molecule has 3 fully saturated rings. The van der Waals surface area contributed by atoms with Crippen LogP contribution in [0, 0.1) is 5.92 Å². The topological polar surface area (TPSA) is 60.9 Å². The molecule has 1 amide bonds. The number of carbonyl (C=O) groups is 2. The summed E-state index contributed by atoms with van der Waals surface area (Å²) in [7, 11) is 1.91. The van der Waals surface area contributed by atoms with Crippen LogP contribution in [-0.2, 0) is 9.59 Å². The van der Waals surface area contributed by atoms with Gasteiger partial charge in [-0.15, -0.1) is 12.4 Å². The number of amides is 1. The van der Waals surface area contributed by atoms with E-state index in [9.17, 15) is 14.7 Å². The second kappa shape index (κ2) is 8.52. The zero-order chi connectivity index (χ0) is 16.4. The highest BCUT2D eigenvalue weighted by molar-refractivity contribution is 5.85. The van der Waals surface area contributed by atoms with Crippen LogP contribution in [0.3, 0.4) is 0 Å². The lowest BCUT2D eigenvalue weighted by Gasteiger charge is -2.36. The Morgan fingerprint density at radius 1 is 1.04 bits per heavy atom. The number of hydrogen-bond acceptors (Lipinski definition) is 3. The van der Waals surface area contributed by atoms with Crippen molar-refractivity contribution in [1.29, 1.82) is 0 Å². The lowest BCUT2D eigenvalue weighted by molar-refractivity contribution is -0.144. The summed E-state index contributed by atoms with van der Waals surface area (Å²) in [4.78, 5) is 28.3. The normalized spacial score (nSPS) is 31.1. The van der Waals surface area contributed by atoms with Crippen LogP contribution in [0.4, 0.5) is 0 Å². The summed E-state index contributed by atoms with van der Waals surface area (Å²) >= 11 is 0. The van der Waals surface area contributed by atoms with Crippen LogP contribution in [0.25, 0.3) is 0 Å². The number of halogens is 1. The van der Waals surface area contributed by atoms with E-state index in [2.05, 4.69) is 0 Å². The lowest BCUT2D eigenvalue weighted by atomic mass is 9.85. The number of nitrogens with zero attached hydrogens (tertiary/aromatic N) is 2. The van der Waals surface area contributed by atoms with Gasteiger partial charge in [0.2, 0.25) is 5.91 Å². The van der Waals surface area contributed by atoms with Crippen molar-refractivity contribution >= 4 is 24.3 Å². The second-order valence-corrected chi connectivity index (χ2v) is 7.67. The highest BCUT2D eigenvalue weighted by Crippen LogP contribution is 2.39. The highest BCUT2D eigenvalue weighted by atomic mass is 35.5. The molecule has 1 aliphatic heterocycles. The first-order valence-electron chi connectivity index (χ1n) is 9.32. The maximum absolute atomic E-state index is 12.7. The minimum Gasteiger partial charge on any atom is -0.480 e. The maximum Gasteiger partial charge on any atom is 0.320 e. The molecule has 3 atom stereocenters. The number of rotatable bonds is 4. The zero-order valence-corrected chi connectivity index (χ0v) is 15.5. The van der Waals surface area contributed by atoms with Crippen molar-refractivity contribution < 1.29 is 14.7 Å². The molecule has 2 aliphatic carbocycles. The quantitative estimate of drug-likeness (QED) is 0.839. The fourth-order valence-corrected chi connectivity index (χ4v) is 4.96. The summed E-state index contributed by atoms with van der Waals surface area (Å²) in [5.41, 5.74) is 0. The van der Waals surface area contributed by atoms with Crippen molar-refractivity contribution in [2.75, 3.05) is 13.6 Å². The van der Waals surface area contributed by atoms with E-state index >= 15 is 0 Å². The molecule has 1 N–H and O–H groups in total. The Hall–Kier alpha value is -0.810. The molecule has 0 radical (unpaired) electrons. The van der Waals surface area contributed by atoms with Gasteiger partial charge >= 0.3 is 5.97 Å². The summed E-state index contributed by atoms with van der Waals surface area (Å²) in [5, 5.41) is 9.56. The summed E-state index contributed by atoms with van der Waals surface area (Å²) in [6.07, 6.45) is 11.1. The van der Waals surface area contributed by atoms with Gasteiger partial charge in [0.15, 0.2) is 0 Å². The van der Waals surface area contributed by atoms with Crippen molar-refractivity contribution in [1.82, 2.24) is 9.80 Å². The number of hydrogen-bond donors (Lipinski definition) is 1. The minimum atomic E-state index is -0.757. The number of carboxylic acids is 1. The largest absolute Gasteiger partial charge is 0.480 e. The minimum absolute atomic E-state index is 0. The zero-order valence-electron chi connectivity index (χ0n) is 14.7. The first kappa shape index (κ1) is 19.5. The van der Waals surface area contributed by atoms with E-state index in [4.69, 9.17) is 0 Å². The average molecular weight is 359 g/mol. The Morgan fingerprint density at radius 3 is 2.33 bits per heavy atom. The van der Waals surface area contributed by atoms with Crippen molar-refractivity contribution in [3.05, 3.63) is 0 Å². The average Bonchev–Trinajstić information content (AvgIpc) is 2.94. The van der Waals surface area contributed by atoms with Crippen molar-refractivity contribution in [2.45, 2.75) is 82.3 Å². The number of likely N-dealkylation sites (tertiary alicyclic amines) is 1. The Balaban J connectivity index is 0.00000208. The van der Waals surface area contributed by atoms with Gasteiger partial charge in [-0.05, 0) is 38.0 Å². The molecule has 1 heterocycles. The van der Waals surface area contributed by atoms with Crippen LogP contribution >= 0.6 is 12.4 Å². The van der Waals surface area contributed by atoms with Gasteiger partial charge < -0.3 is 10.0 Å². The fourth-order valence-electron chi connectivity index (χ4n) is 4.96. The van der Waals surface area contributed by atoms with Crippen molar-refractivity contribution in [3.8, 4) is 0 Å². The molecule has 3 rings (SSSR count). The molecule has 2 saturated carbocycles. The van der Waals surface area contributed by atoms with Gasteiger partial charge in [-0.2, -0.15) is 0 Å². The molecule has 0 aromatic rings. The number of fused-ring (bicyclic) bond motifs is 1. The first-order valence-corrected chi connectivity index (χ1v) is 9.32. The van der Waals surface area contributed by atoms with Crippen LogP contribution in [-0.4, -0.2) is 58.5 Å². The summed E-state index contributed by atoms with van der Waals surface area (Å²) in [6.45, 7) is 0.283. The van der Waals surface area contributed by atoms with Crippen molar-refractivity contribution in [2.24, 2.45) is 5.92 Å². The molecule has 3 unspecified atom stereocenters. The number of aliphatic carboxylic acids is 1. The van der Waals surface area contributed by atoms with Gasteiger partial charge in [0.25, 0.3) is 0 Å². The standard InChI is InChI=1S/C18H30N2O3.ClH/c1-19(14-8-3-2-4-9-14)17(21)12-20-15-10-6-5-7-13(15)11-16(20)18(22)23;/h13-16H,2-12H2,1H3,(H,22,23);1H. The molecule has 6 heteroatoms. The third kappa shape index (κ3) is 4.05. The number of carbonyl (C=O) groups excluding carboxylic acids is 1. The monoisotopic (exact) mass is 358 g/mol. The molecular formula is C18H31ClN2O3. The molecule has 5 nitrogen and oxygen atoms in total. The van der Waals surface area contributed by atoms with Gasteiger partial charge in [0.05, 0.1) is 6.54 Å². The highest BCUT2D eigenvalue weighted by Gasteiger charge is 2.46. The van der Waals surface area contributed by atoms with Crippen molar-refractivity contribution in [3.63, 3.8) is 0 Å². The third-order valence-corrected chi connectivity index (χ3v) is 6.34. The van der Waals surface area contributed by atoms with Gasteiger partial charge in [0.1, 0.15) is 6.04 Å². The number of likely N-dealkylation sites (N-methyl/N-ethyl adjacent to an activating group) is 1. The van der Waals surface area contributed by atoms with Crippen LogP contribution in [0.2, 0.25) is 0 Å². The summed E-state index contributed by atoms with van der Waals surface area (Å²) in [5.74, 6) is -0.181. The predicted molar refractivity (Wildman–Crippen MR) is 95.4 cm³/mol. The summed E-state index contributed by atoms with van der Waals surface area (Å²) < 4.78 is 0. The third-order valence-electron chi connectivity index (χ3n) is 6.34. The van der Waals surface area contributed by atoms with E-state index in [1.165, 1.54) is 25.7 Å². The fraction of sp³-hybridized carbons (Fsp3) is 0.889. The second-order valence-electron chi connectivity index (χ2n) is 7.67. The van der Waals surface area contributed by atoms with E-state index in [1.807, 2.05) is 16.8 Å². The first-order chi connectivity index (χ1) is 11.1. The van der Waals surface area contributed by atoms with E-state index in [0.29, 0.717) is 18.0 Å². The molecule has 3 aliphatic rings. The maximum atomic E-state index is 12.7. The van der Waals surface area contributed by atoms with Gasteiger partial charge in [-0.3, -0.25) is 14.5 Å². The molecule has 24 heavy (non-hydrogen) atoms. The predicted octanol–water partition coefficient (Wildman–Crippen LogP) is 2.92. The number of carboxylic acid groups (broad SMARTS) is 1. The Labute approximate surface area is 151 Å². The van der Waals surface area contributed by atoms with Crippen LogP contribution in [0.1, 0.15) is 64.2 Å². The molecule has 138 valence electrons. The van der Waals surface area contributed by atoms with Gasteiger partial charge in [0, 0.05) is 19.1 Å².